The SMILES string of the molecule is Cc1cc(C2CCCN2C(=O)c2cc(S(=O)(=O)N3CCOCC3)c[nH]2)on1. The van der Waals surface area contributed by atoms with Crippen molar-refractivity contribution in [2.45, 2.75) is 30.7 Å². The number of likely N-dealkylation sites (tertiary alicyclic amines) is 1. The Bertz CT molecular complexity index is 929. The Morgan fingerprint density at radius 3 is 2.74 bits per heavy atom. The molecule has 2 aromatic rings. The maximum Gasteiger partial charge on any atom is 0.270 e. The van der Waals surface area contributed by atoms with E-state index in [2.05, 4.69) is 10.1 Å². The lowest BCUT2D eigenvalue weighted by Gasteiger charge is -2.25. The first-order valence-electron chi connectivity index (χ1n) is 8.97. The summed E-state index contributed by atoms with van der Waals surface area (Å²) in [6.07, 6.45) is 3.03. The van der Waals surface area contributed by atoms with Crippen LogP contribution in [0.4, 0.5) is 0 Å². The molecule has 0 saturated carbocycles. The third-order valence-electron chi connectivity index (χ3n) is 4.98. The lowest BCUT2D eigenvalue weighted by atomic mass is 10.1. The van der Waals surface area contributed by atoms with E-state index in [0.717, 1.165) is 18.5 Å². The number of rotatable bonds is 4. The number of aryl methyl sites for hydroxylation is 1. The number of aromatic nitrogens is 2. The molecule has 4 heterocycles. The van der Waals surface area contributed by atoms with Crippen molar-refractivity contribution in [1.82, 2.24) is 19.3 Å². The molecule has 2 saturated heterocycles. The van der Waals surface area contributed by atoms with Crippen molar-refractivity contribution in [3.05, 3.63) is 35.5 Å². The van der Waals surface area contributed by atoms with Crippen molar-refractivity contribution in [2.24, 2.45) is 0 Å². The standard InChI is InChI=1S/C17H22N4O5S/c1-12-9-16(26-19-12)15-3-2-4-21(15)17(22)14-10-13(11-18-14)27(23,24)20-5-7-25-8-6-20/h9-11,15,18H,2-8H2,1H3. The minimum absolute atomic E-state index is 0.0963. The number of carbonyl (C=O) groups is 1. The number of morpholine rings is 1. The van der Waals surface area contributed by atoms with E-state index in [1.807, 2.05) is 13.0 Å². The number of nitrogens with one attached hydrogen (secondary N) is 1. The monoisotopic (exact) mass is 394 g/mol. The Hall–Kier alpha value is -2.17. The average Bonchev–Trinajstić information content (AvgIpc) is 3.42. The second-order valence-corrected chi connectivity index (χ2v) is 8.73. The fraction of sp³-hybridized carbons (Fsp3) is 0.529. The predicted octanol–water partition coefficient (Wildman–Crippen LogP) is 1.31. The third kappa shape index (κ3) is 3.40. The fourth-order valence-corrected chi connectivity index (χ4v) is 4.99. The molecule has 0 radical (unpaired) electrons. The van der Waals surface area contributed by atoms with E-state index >= 15 is 0 Å². The summed E-state index contributed by atoms with van der Waals surface area (Å²) >= 11 is 0. The number of ether oxygens (including phenoxy) is 1. The van der Waals surface area contributed by atoms with Gasteiger partial charge >= 0.3 is 0 Å². The highest BCUT2D eigenvalue weighted by Crippen LogP contribution is 2.33. The molecule has 1 unspecified atom stereocenters. The highest BCUT2D eigenvalue weighted by Gasteiger charge is 2.35. The van der Waals surface area contributed by atoms with Gasteiger partial charge in [-0.05, 0) is 25.8 Å². The Balaban J connectivity index is 1.54. The number of sulfonamides is 1. The number of nitrogens with zero attached hydrogens (tertiary/aromatic N) is 3. The van der Waals surface area contributed by atoms with Crippen LogP contribution in [0.2, 0.25) is 0 Å². The van der Waals surface area contributed by atoms with Crippen LogP contribution in [0.25, 0.3) is 0 Å². The van der Waals surface area contributed by atoms with Crippen molar-refractivity contribution >= 4 is 15.9 Å². The van der Waals surface area contributed by atoms with Crippen LogP contribution < -0.4 is 0 Å². The average molecular weight is 394 g/mol. The highest BCUT2D eigenvalue weighted by molar-refractivity contribution is 7.89. The van der Waals surface area contributed by atoms with Crippen LogP contribution in [-0.4, -0.2) is 66.5 Å². The topological polar surface area (TPSA) is 109 Å². The minimum atomic E-state index is -3.64. The summed E-state index contributed by atoms with van der Waals surface area (Å²) in [5, 5.41) is 3.90. The number of carbonyl (C=O) groups excluding carboxylic acids is 1. The molecule has 27 heavy (non-hydrogen) atoms. The first-order valence-corrected chi connectivity index (χ1v) is 10.4. The number of amides is 1. The summed E-state index contributed by atoms with van der Waals surface area (Å²) in [5.74, 6) is 0.418. The molecular weight excluding hydrogens is 372 g/mol. The first-order chi connectivity index (χ1) is 13.0. The van der Waals surface area contributed by atoms with Gasteiger partial charge in [0.2, 0.25) is 10.0 Å². The largest absolute Gasteiger partial charge is 0.379 e. The zero-order valence-electron chi connectivity index (χ0n) is 15.1. The molecule has 146 valence electrons. The lowest BCUT2D eigenvalue weighted by molar-refractivity contribution is 0.0709. The predicted molar refractivity (Wildman–Crippen MR) is 94.6 cm³/mol. The molecule has 0 bridgehead atoms. The number of aromatic amines is 1. The molecule has 1 N–H and O–H groups in total. The summed E-state index contributed by atoms with van der Waals surface area (Å²) in [6.45, 7) is 3.81. The molecule has 2 aliphatic rings. The summed E-state index contributed by atoms with van der Waals surface area (Å²) in [7, 11) is -3.64. The van der Waals surface area contributed by atoms with E-state index in [0.29, 0.717) is 38.6 Å². The van der Waals surface area contributed by atoms with Gasteiger partial charge in [-0.1, -0.05) is 5.16 Å². The van der Waals surface area contributed by atoms with Crippen molar-refractivity contribution in [3.63, 3.8) is 0 Å². The van der Waals surface area contributed by atoms with Crippen LogP contribution in [0.1, 0.15) is 40.8 Å². The van der Waals surface area contributed by atoms with Crippen LogP contribution in [-0.2, 0) is 14.8 Å². The van der Waals surface area contributed by atoms with Gasteiger partial charge in [-0.3, -0.25) is 4.79 Å². The van der Waals surface area contributed by atoms with E-state index < -0.39 is 10.0 Å². The van der Waals surface area contributed by atoms with Crippen LogP contribution in [0, 0.1) is 6.92 Å². The van der Waals surface area contributed by atoms with Gasteiger partial charge in [0.15, 0.2) is 5.76 Å². The van der Waals surface area contributed by atoms with Gasteiger partial charge in [0.1, 0.15) is 10.6 Å². The fourth-order valence-electron chi connectivity index (χ4n) is 3.58. The Morgan fingerprint density at radius 1 is 1.26 bits per heavy atom. The molecule has 2 aliphatic heterocycles. The van der Waals surface area contributed by atoms with Gasteiger partial charge in [0, 0.05) is 31.9 Å². The molecule has 1 amide bonds. The second-order valence-electron chi connectivity index (χ2n) is 6.79. The number of H-pyrrole nitrogens is 1. The van der Waals surface area contributed by atoms with Gasteiger partial charge < -0.3 is 19.1 Å². The van der Waals surface area contributed by atoms with Crippen LogP contribution >= 0.6 is 0 Å². The Kier molecular flexibility index (Phi) is 4.79. The molecule has 9 nitrogen and oxygen atoms in total. The maximum atomic E-state index is 13.0. The van der Waals surface area contributed by atoms with E-state index in [4.69, 9.17) is 9.26 Å². The summed E-state index contributed by atoms with van der Waals surface area (Å²) in [6, 6.07) is 3.06. The molecule has 0 spiro atoms. The van der Waals surface area contributed by atoms with E-state index in [-0.39, 0.29) is 22.5 Å². The normalized spacial score (nSPS) is 21.7. The second kappa shape index (κ2) is 7.10. The molecule has 0 aliphatic carbocycles. The van der Waals surface area contributed by atoms with Crippen LogP contribution in [0.3, 0.4) is 0 Å². The maximum absolute atomic E-state index is 13.0. The van der Waals surface area contributed by atoms with E-state index in [1.54, 1.807) is 4.90 Å². The van der Waals surface area contributed by atoms with E-state index in [9.17, 15) is 13.2 Å². The van der Waals surface area contributed by atoms with Gasteiger partial charge in [0.25, 0.3) is 5.91 Å². The molecule has 0 aromatic carbocycles. The summed E-state index contributed by atoms with van der Waals surface area (Å²) in [4.78, 5) is 17.6. The zero-order valence-corrected chi connectivity index (χ0v) is 15.9. The van der Waals surface area contributed by atoms with Gasteiger partial charge in [-0.2, -0.15) is 4.31 Å². The van der Waals surface area contributed by atoms with Crippen LogP contribution in [0.15, 0.2) is 27.7 Å². The quantitative estimate of drug-likeness (QED) is 0.837. The van der Waals surface area contributed by atoms with Crippen molar-refractivity contribution in [2.75, 3.05) is 32.8 Å². The van der Waals surface area contributed by atoms with Crippen LogP contribution in [0.5, 0.6) is 0 Å². The Labute approximate surface area is 157 Å². The van der Waals surface area contributed by atoms with Crippen molar-refractivity contribution in [1.29, 1.82) is 0 Å². The highest BCUT2D eigenvalue weighted by atomic mass is 32.2. The minimum Gasteiger partial charge on any atom is -0.379 e. The molecule has 1 atom stereocenters. The Morgan fingerprint density at radius 2 is 2.04 bits per heavy atom. The number of hydrogen-bond donors (Lipinski definition) is 1. The lowest BCUT2D eigenvalue weighted by Crippen LogP contribution is -2.40. The zero-order chi connectivity index (χ0) is 19.0. The molecule has 4 rings (SSSR count). The van der Waals surface area contributed by atoms with E-state index in [1.165, 1.54) is 16.6 Å². The summed E-state index contributed by atoms with van der Waals surface area (Å²) in [5.41, 5.74) is 1.02. The van der Waals surface area contributed by atoms with Crippen molar-refractivity contribution < 1.29 is 22.5 Å². The smallest absolute Gasteiger partial charge is 0.270 e. The molecular formula is C17H22N4O5S. The summed E-state index contributed by atoms with van der Waals surface area (Å²) < 4.78 is 37.4. The molecule has 10 heteroatoms. The molecule has 2 fully saturated rings. The van der Waals surface area contributed by atoms with Gasteiger partial charge in [-0.25, -0.2) is 8.42 Å². The van der Waals surface area contributed by atoms with Gasteiger partial charge in [-0.15, -0.1) is 0 Å². The third-order valence-corrected chi connectivity index (χ3v) is 6.86. The molecule has 2 aromatic heterocycles. The number of hydrogen-bond acceptors (Lipinski definition) is 6. The van der Waals surface area contributed by atoms with Gasteiger partial charge in [0.05, 0.1) is 24.9 Å². The van der Waals surface area contributed by atoms with Crippen molar-refractivity contribution in [3.8, 4) is 0 Å². The first kappa shape index (κ1) is 18.2.